The molecule has 1 aliphatic rings. The second kappa shape index (κ2) is 9.09. The number of aryl methyl sites for hydroxylation is 1. The van der Waals surface area contributed by atoms with Crippen LogP contribution in [0.2, 0.25) is 0 Å². The van der Waals surface area contributed by atoms with Gasteiger partial charge in [0.25, 0.3) is 0 Å². The fourth-order valence-corrected chi connectivity index (χ4v) is 5.03. The molecule has 1 amide bonds. The molecule has 0 aliphatic heterocycles. The van der Waals surface area contributed by atoms with Crippen molar-refractivity contribution in [3.05, 3.63) is 21.8 Å². The Balaban J connectivity index is 1.69. The number of aromatic nitrogens is 3. The summed E-state index contributed by atoms with van der Waals surface area (Å²) >= 11 is 2.81. The van der Waals surface area contributed by atoms with Crippen molar-refractivity contribution in [2.45, 2.75) is 64.6 Å². The van der Waals surface area contributed by atoms with Crippen LogP contribution < -0.4 is 5.32 Å². The Morgan fingerprint density at radius 2 is 2.04 bits per heavy atom. The molecule has 0 aromatic carbocycles. The molecule has 0 unspecified atom stereocenters. The highest BCUT2D eigenvalue weighted by Gasteiger charge is 2.30. The number of thiophene rings is 1. The lowest BCUT2D eigenvalue weighted by Crippen LogP contribution is -2.17. The van der Waals surface area contributed by atoms with Crippen LogP contribution in [0.3, 0.4) is 0 Å². The lowest BCUT2D eigenvalue weighted by molar-refractivity contribution is -0.113. The lowest BCUT2D eigenvalue weighted by atomic mass is 10.1. The number of thioether (sulfide) groups is 1. The standard InChI is InChI=1S/C19H26N4O3S2/c1-5-13-11(4)15(18(25)26-7-3)17(28-13)20-14(24)10-27-19-22-21-16(12-8-9-12)23(19)6-2/h12H,5-10H2,1-4H3,(H,20,24). The highest BCUT2D eigenvalue weighted by molar-refractivity contribution is 7.99. The summed E-state index contributed by atoms with van der Waals surface area (Å²) in [5.41, 5.74) is 1.35. The maximum absolute atomic E-state index is 12.5. The van der Waals surface area contributed by atoms with E-state index in [9.17, 15) is 9.59 Å². The second-order valence-corrected chi connectivity index (χ2v) is 8.67. The van der Waals surface area contributed by atoms with E-state index in [1.165, 1.54) is 23.1 Å². The fourth-order valence-electron chi connectivity index (χ4n) is 3.08. The highest BCUT2D eigenvalue weighted by atomic mass is 32.2. The van der Waals surface area contributed by atoms with Gasteiger partial charge in [-0.15, -0.1) is 21.5 Å². The highest BCUT2D eigenvalue weighted by Crippen LogP contribution is 2.40. The lowest BCUT2D eigenvalue weighted by Gasteiger charge is -2.08. The molecule has 0 spiro atoms. The first-order chi connectivity index (χ1) is 13.5. The van der Waals surface area contributed by atoms with Crippen molar-refractivity contribution in [3.63, 3.8) is 0 Å². The van der Waals surface area contributed by atoms with E-state index in [4.69, 9.17) is 4.74 Å². The Kier molecular flexibility index (Phi) is 6.77. The first kappa shape index (κ1) is 20.9. The molecule has 152 valence electrons. The number of amides is 1. The van der Waals surface area contributed by atoms with Gasteiger partial charge in [-0.25, -0.2) is 4.79 Å². The first-order valence-electron chi connectivity index (χ1n) is 9.65. The number of hydrogen-bond donors (Lipinski definition) is 1. The van der Waals surface area contributed by atoms with Crippen LogP contribution in [-0.4, -0.2) is 39.0 Å². The number of carbonyl (C=O) groups is 2. The van der Waals surface area contributed by atoms with Crippen LogP contribution in [0.15, 0.2) is 5.16 Å². The van der Waals surface area contributed by atoms with Gasteiger partial charge in [-0.1, -0.05) is 18.7 Å². The molecule has 3 rings (SSSR count). The van der Waals surface area contributed by atoms with Gasteiger partial charge in [0, 0.05) is 17.3 Å². The van der Waals surface area contributed by atoms with Gasteiger partial charge < -0.3 is 14.6 Å². The largest absolute Gasteiger partial charge is 0.462 e. The van der Waals surface area contributed by atoms with Crippen molar-refractivity contribution in [3.8, 4) is 0 Å². The summed E-state index contributed by atoms with van der Waals surface area (Å²) in [7, 11) is 0. The maximum Gasteiger partial charge on any atom is 0.341 e. The minimum atomic E-state index is -0.390. The van der Waals surface area contributed by atoms with Crippen molar-refractivity contribution in [1.82, 2.24) is 14.8 Å². The van der Waals surface area contributed by atoms with E-state index in [0.717, 1.165) is 47.2 Å². The van der Waals surface area contributed by atoms with Crippen LogP contribution in [0.5, 0.6) is 0 Å². The summed E-state index contributed by atoms with van der Waals surface area (Å²) in [6, 6.07) is 0. The third-order valence-electron chi connectivity index (χ3n) is 4.64. The zero-order valence-corrected chi connectivity index (χ0v) is 18.3. The molecular weight excluding hydrogens is 396 g/mol. The topological polar surface area (TPSA) is 86.1 Å². The minimum Gasteiger partial charge on any atom is -0.462 e. The van der Waals surface area contributed by atoms with Crippen molar-refractivity contribution in [2.75, 3.05) is 17.7 Å². The van der Waals surface area contributed by atoms with Gasteiger partial charge in [0.15, 0.2) is 5.16 Å². The number of rotatable bonds is 9. The fraction of sp³-hybridized carbons (Fsp3) is 0.579. The Bertz CT molecular complexity index is 871. The number of esters is 1. The molecule has 9 heteroatoms. The number of ether oxygens (including phenoxy) is 1. The molecule has 2 heterocycles. The predicted octanol–water partition coefficient (Wildman–Crippen LogP) is 4.02. The first-order valence-corrected chi connectivity index (χ1v) is 11.4. The van der Waals surface area contributed by atoms with Crippen molar-refractivity contribution in [1.29, 1.82) is 0 Å². The maximum atomic E-state index is 12.5. The molecule has 2 aromatic rings. The van der Waals surface area contributed by atoms with Crippen molar-refractivity contribution in [2.24, 2.45) is 0 Å². The molecule has 0 radical (unpaired) electrons. The van der Waals surface area contributed by atoms with E-state index < -0.39 is 5.97 Å². The summed E-state index contributed by atoms with van der Waals surface area (Å²) in [6.45, 7) is 8.86. The number of anilines is 1. The predicted molar refractivity (Wildman–Crippen MR) is 111 cm³/mol. The van der Waals surface area contributed by atoms with Gasteiger partial charge in [0.2, 0.25) is 5.91 Å². The summed E-state index contributed by atoms with van der Waals surface area (Å²) < 4.78 is 7.26. The average molecular weight is 423 g/mol. The molecule has 0 saturated heterocycles. The van der Waals surface area contributed by atoms with Crippen LogP contribution in [0.4, 0.5) is 5.00 Å². The van der Waals surface area contributed by atoms with E-state index >= 15 is 0 Å². The summed E-state index contributed by atoms with van der Waals surface area (Å²) in [6.07, 6.45) is 3.13. The summed E-state index contributed by atoms with van der Waals surface area (Å²) in [5, 5.41) is 12.8. The molecule has 2 aromatic heterocycles. The van der Waals surface area contributed by atoms with Gasteiger partial charge in [0.1, 0.15) is 10.8 Å². The molecule has 1 fully saturated rings. The summed E-state index contributed by atoms with van der Waals surface area (Å²) in [4.78, 5) is 26.0. The van der Waals surface area contributed by atoms with Gasteiger partial charge in [-0.05, 0) is 45.6 Å². The molecule has 1 saturated carbocycles. The van der Waals surface area contributed by atoms with E-state index in [-0.39, 0.29) is 11.7 Å². The Hall–Kier alpha value is -1.87. The van der Waals surface area contributed by atoms with Crippen LogP contribution in [0.25, 0.3) is 0 Å². The number of carbonyl (C=O) groups excluding carboxylic acids is 2. The van der Waals surface area contributed by atoms with Crippen molar-refractivity contribution >= 4 is 40.0 Å². The van der Waals surface area contributed by atoms with Crippen LogP contribution in [0.1, 0.15) is 66.2 Å². The monoisotopic (exact) mass is 422 g/mol. The molecule has 28 heavy (non-hydrogen) atoms. The van der Waals surface area contributed by atoms with E-state index in [0.29, 0.717) is 23.1 Å². The Morgan fingerprint density at radius 3 is 2.64 bits per heavy atom. The van der Waals surface area contributed by atoms with Gasteiger partial charge in [-0.3, -0.25) is 4.79 Å². The molecule has 0 atom stereocenters. The molecule has 1 aliphatic carbocycles. The molecule has 0 bridgehead atoms. The van der Waals surface area contributed by atoms with Gasteiger partial charge in [0.05, 0.1) is 17.9 Å². The third-order valence-corrected chi connectivity index (χ3v) is 6.95. The third kappa shape index (κ3) is 4.41. The van der Waals surface area contributed by atoms with Crippen LogP contribution >= 0.6 is 23.1 Å². The normalized spacial score (nSPS) is 13.6. The quantitative estimate of drug-likeness (QED) is 0.485. The minimum absolute atomic E-state index is 0.168. The smallest absolute Gasteiger partial charge is 0.341 e. The molecule has 7 nitrogen and oxygen atoms in total. The Labute approximate surface area is 173 Å². The second-order valence-electron chi connectivity index (χ2n) is 6.62. The van der Waals surface area contributed by atoms with E-state index in [1.807, 2.05) is 13.8 Å². The zero-order chi connectivity index (χ0) is 20.3. The number of hydrogen-bond acceptors (Lipinski definition) is 7. The summed E-state index contributed by atoms with van der Waals surface area (Å²) in [5.74, 6) is 1.20. The Morgan fingerprint density at radius 1 is 1.29 bits per heavy atom. The molecule has 1 N–H and O–H groups in total. The zero-order valence-electron chi connectivity index (χ0n) is 16.7. The van der Waals surface area contributed by atoms with Crippen LogP contribution in [-0.2, 0) is 22.5 Å². The van der Waals surface area contributed by atoms with Gasteiger partial charge >= 0.3 is 5.97 Å². The average Bonchev–Trinajstić information content (AvgIpc) is 3.35. The number of nitrogens with zero attached hydrogens (tertiary/aromatic N) is 3. The van der Waals surface area contributed by atoms with E-state index in [1.54, 1.807) is 6.92 Å². The van der Waals surface area contributed by atoms with Gasteiger partial charge in [-0.2, -0.15) is 0 Å². The number of nitrogens with one attached hydrogen (secondary N) is 1. The van der Waals surface area contributed by atoms with Crippen molar-refractivity contribution < 1.29 is 14.3 Å². The SMILES string of the molecule is CCOC(=O)c1c(NC(=O)CSc2nnc(C3CC3)n2CC)sc(CC)c1C. The van der Waals surface area contributed by atoms with E-state index in [2.05, 4.69) is 27.0 Å². The molecular formula is C19H26N4O3S2. The van der Waals surface area contributed by atoms with Crippen LogP contribution in [0, 0.1) is 6.92 Å².